The predicted octanol–water partition coefficient (Wildman–Crippen LogP) is 36.7. The summed E-state index contributed by atoms with van der Waals surface area (Å²) in [4.78, 5) is 0. The van der Waals surface area contributed by atoms with E-state index in [2.05, 4.69) is 215 Å². The van der Waals surface area contributed by atoms with Crippen LogP contribution in [-0.4, -0.2) is 36.6 Å². The average molecular weight is 1780 g/mol. The summed E-state index contributed by atoms with van der Waals surface area (Å²) < 4.78 is 30.8. The topological polar surface area (TPSA) is 36.9 Å². The minimum atomic E-state index is -0.492. The molecule has 0 unspecified atom stereocenters. The lowest BCUT2D eigenvalue weighted by Gasteiger charge is -2.32. The average Bonchev–Trinajstić information content (AvgIpc) is 1.55. The normalized spacial score (nSPS) is 15.2. The van der Waals surface area contributed by atoms with E-state index in [1.54, 1.807) is 0 Å². The van der Waals surface area contributed by atoms with Gasteiger partial charge in [0.05, 0.1) is 22.4 Å². The quantitative estimate of drug-likeness (QED) is 0.0217. The maximum atomic E-state index is 7.07. The van der Waals surface area contributed by atoms with Crippen molar-refractivity contribution in [1.82, 2.24) is 0 Å². The van der Waals surface area contributed by atoms with Crippen LogP contribution < -0.4 is 10.9 Å². The van der Waals surface area contributed by atoms with Crippen LogP contribution in [0.1, 0.15) is 493 Å². The van der Waals surface area contributed by atoms with Crippen molar-refractivity contribution >= 4 is 100 Å². The summed E-state index contributed by atoms with van der Waals surface area (Å²) in [6, 6.07) is 29.6. The molecule has 0 atom stereocenters. The fraction of sp³-hybridized carbons (Fsp3) is 0.750. The standard InChI is InChI=1S/C62H104B2O4.C50H80Br2/c1-13-17-21-25-29-33-37-49(38-34-30-26-22-18-14-2)45-51-41-43-53-55(47-51)57(63-65-59(5,6)60(7,8)66-63)54-44-42-52(48-56(54)58(53)64-67-61(9,10)62(11,12)68-64)46-50(39-35-31-27-23-19-15-3)40-36-32-28-24-20-16-4;1-5-9-13-17-21-25-29-41(30-26-22-18-14-10-6-2)37-43-33-35-45-47(39-43)49(51)46-36-34-44(40-48(46)50(45)52)38-42(31-27-23-19-15-11-7-3)32-28-24-20-16-12-8-4/h41-44,47-50H,13-40,45-46H2,1-12H3;33-36,39-42H,5-32,37-38H2,1-4H3. The molecule has 8 heteroatoms. The fourth-order valence-electron chi connectivity index (χ4n) is 20.0. The molecule has 2 aliphatic rings. The highest BCUT2D eigenvalue weighted by Gasteiger charge is 2.55. The van der Waals surface area contributed by atoms with E-state index in [0.29, 0.717) is 11.8 Å². The Bertz CT molecular complexity index is 3400. The van der Waals surface area contributed by atoms with Gasteiger partial charge < -0.3 is 18.6 Å². The third kappa shape index (κ3) is 35.0. The van der Waals surface area contributed by atoms with Crippen LogP contribution in [0.25, 0.3) is 43.1 Å². The molecule has 0 saturated carbocycles. The zero-order valence-electron chi connectivity index (χ0n) is 81.2. The van der Waals surface area contributed by atoms with E-state index in [-0.39, 0.29) is 0 Å². The first kappa shape index (κ1) is 104. The first-order chi connectivity index (χ1) is 58.1. The van der Waals surface area contributed by atoms with Gasteiger partial charge in [-0.25, -0.2) is 0 Å². The van der Waals surface area contributed by atoms with Gasteiger partial charge in [0, 0.05) is 8.95 Å². The molecule has 2 fully saturated rings. The van der Waals surface area contributed by atoms with Crippen LogP contribution in [0, 0.1) is 23.7 Å². The highest BCUT2D eigenvalue weighted by atomic mass is 79.9. The van der Waals surface area contributed by atoms with Gasteiger partial charge in [-0.1, -0.05) is 476 Å². The Morgan fingerprint density at radius 2 is 0.383 bits per heavy atom. The molecule has 6 aromatic carbocycles. The van der Waals surface area contributed by atoms with Crippen molar-refractivity contribution in [1.29, 1.82) is 0 Å². The van der Waals surface area contributed by atoms with Crippen molar-refractivity contribution in [2.75, 3.05) is 0 Å². The lowest BCUT2D eigenvalue weighted by molar-refractivity contribution is 0.00578. The lowest BCUT2D eigenvalue weighted by atomic mass is 9.65. The third-order valence-electron chi connectivity index (χ3n) is 29.2. The molecule has 0 N–H and O–H groups in total. The Morgan fingerprint density at radius 1 is 0.217 bits per heavy atom. The van der Waals surface area contributed by atoms with Crippen LogP contribution in [0.4, 0.5) is 0 Å². The van der Waals surface area contributed by atoms with Gasteiger partial charge in [-0.2, -0.15) is 0 Å². The second kappa shape index (κ2) is 58.0. The summed E-state index contributed by atoms with van der Waals surface area (Å²) in [6.45, 7) is 36.1. The highest BCUT2D eigenvalue weighted by Crippen LogP contribution is 2.44. The molecule has 0 bridgehead atoms. The molecule has 2 heterocycles. The predicted molar refractivity (Wildman–Crippen MR) is 542 cm³/mol. The molecule has 2 aliphatic heterocycles. The Labute approximate surface area is 759 Å². The number of benzene rings is 6. The molecule has 0 amide bonds. The molecular weight excluding hydrogens is 1590 g/mol. The summed E-state index contributed by atoms with van der Waals surface area (Å²) in [5.74, 6) is 2.99. The maximum Gasteiger partial charge on any atom is 0.496 e. The van der Waals surface area contributed by atoms with Gasteiger partial charge in [0.1, 0.15) is 0 Å². The Kier molecular flexibility index (Phi) is 50.4. The number of hydrogen-bond donors (Lipinski definition) is 0. The molecule has 0 radical (unpaired) electrons. The molecule has 120 heavy (non-hydrogen) atoms. The van der Waals surface area contributed by atoms with Crippen molar-refractivity contribution in [3.05, 3.63) is 104 Å². The largest absolute Gasteiger partial charge is 0.496 e. The van der Waals surface area contributed by atoms with Gasteiger partial charge in [0.2, 0.25) is 0 Å². The molecule has 2 saturated heterocycles. The maximum absolute atomic E-state index is 7.07. The summed E-state index contributed by atoms with van der Waals surface area (Å²) in [7, 11) is -0.984. The van der Waals surface area contributed by atoms with E-state index in [1.165, 1.54) is 458 Å². The molecule has 676 valence electrons. The Balaban J connectivity index is 0.000000343. The van der Waals surface area contributed by atoms with E-state index < -0.39 is 36.6 Å². The van der Waals surface area contributed by atoms with Crippen molar-refractivity contribution < 1.29 is 18.6 Å². The van der Waals surface area contributed by atoms with Crippen LogP contribution in [-0.2, 0) is 44.3 Å². The Morgan fingerprint density at radius 3 is 0.575 bits per heavy atom. The van der Waals surface area contributed by atoms with Gasteiger partial charge in [-0.15, -0.1) is 0 Å². The smallest absolute Gasteiger partial charge is 0.399 e. The van der Waals surface area contributed by atoms with Crippen LogP contribution >= 0.6 is 31.9 Å². The monoisotopic (exact) mass is 1770 g/mol. The first-order valence-electron chi connectivity index (χ1n) is 52.1. The summed E-state index contributed by atoms with van der Waals surface area (Å²) >= 11 is 8.27. The second-order valence-corrected chi connectivity index (χ2v) is 42.5. The highest BCUT2D eigenvalue weighted by molar-refractivity contribution is 9.11. The van der Waals surface area contributed by atoms with Gasteiger partial charge >= 0.3 is 14.2 Å². The number of fused-ring (bicyclic) bond motifs is 4. The SMILES string of the molecule is CCCCCCCCC(CCCCCCCC)Cc1ccc2c(B3OC(C)(C)C(C)(C)O3)c3cc(CC(CCCCCCCC)CCCCCCCC)ccc3c(B3OC(C)(C)C(C)(C)O3)c2c1.CCCCCCCCC(CCCCCCCC)Cc1ccc2c(Br)c3cc(CC(CCCCCCCC)CCCCCCCC)ccc3c(Br)c2c1. The third-order valence-corrected chi connectivity index (χ3v) is 31.0. The van der Waals surface area contributed by atoms with Crippen molar-refractivity contribution in [3.63, 3.8) is 0 Å². The van der Waals surface area contributed by atoms with E-state index in [9.17, 15) is 0 Å². The summed E-state index contributed by atoms with van der Waals surface area (Å²) in [5.41, 5.74) is 6.39. The van der Waals surface area contributed by atoms with E-state index in [0.717, 1.165) is 24.7 Å². The van der Waals surface area contributed by atoms with Crippen molar-refractivity contribution in [2.45, 2.75) is 518 Å². The minimum absolute atomic E-state index is 0.460. The molecule has 6 aromatic rings. The van der Waals surface area contributed by atoms with Gasteiger partial charge in [0.25, 0.3) is 0 Å². The van der Waals surface area contributed by atoms with Gasteiger partial charge in [0.15, 0.2) is 0 Å². The van der Waals surface area contributed by atoms with Gasteiger partial charge in [-0.3, -0.25) is 0 Å². The number of rotatable bonds is 66. The van der Waals surface area contributed by atoms with Crippen molar-refractivity contribution in [3.8, 4) is 0 Å². The van der Waals surface area contributed by atoms with Crippen molar-refractivity contribution in [2.24, 2.45) is 23.7 Å². The van der Waals surface area contributed by atoms with Crippen LogP contribution in [0.3, 0.4) is 0 Å². The van der Waals surface area contributed by atoms with E-state index in [4.69, 9.17) is 18.6 Å². The molecule has 8 rings (SSSR count). The second-order valence-electron chi connectivity index (χ2n) is 40.9. The number of halogens is 2. The molecule has 4 nitrogen and oxygen atoms in total. The minimum Gasteiger partial charge on any atom is -0.399 e. The summed E-state index contributed by atoms with van der Waals surface area (Å²) in [5, 5.41) is 10.3. The molecule has 0 spiro atoms. The van der Waals surface area contributed by atoms with Crippen LogP contribution in [0.15, 0.2) is 81.7 Å². The first-order valence-corrected chi connectivity index (χ1v) is 53.7. The molecule has 0 aliphatic carbocycles. The molecular formula is C112H184B2Br2O4. The number of hydrogen-bond acceptors (Lipinski definition) is 4. The van der Waals surface area contributed by atoms with Gasteiger partial charge in [-0.05, 0) is 225 Å². The lowest BCUT2D eigenvalue weighted by Crippen LogP contribution is -2.41. The Hall–Kier alpha value is -2.71. The van der Waals surface area contributed by atoms with E-state index >= 15 is 0 Å². The molecule has 0 aromatic heterocycles. The van der Waals surface area contributed by atoms with Crippen LogP contribution in [0.2, 0.25) is 0 Å². The fourth-order valence-corrected chi connectivity index (χ4v) is 21.3. The zero-order chi connectivity index (χ0) is 86.4. The van der Waals surface area contributed by atoms with E-state index in [1.807, 2.05) is 0 Å². The van der Waals surface area contributed by atoms with Crippen LogP contribution in [0.5, 0.6) is 0 Å². The summed E-state index contributed by atoms with van der Waals surface area (Å²) in [6.07, 6.45) is 81.6. The number of unbranched alkanes of at least 4 members (excludes halogenated alkanes) is 40. The zero-order valence-corrected chi connectivity index (χ0v) is 84.4.